The zero-order valence-corrected chi connectivity index (χ0v) is 17.7. The molecule has 0 radical (unpaired) electrons. The maximum atomic E-state index is 10.8. The highest BCUT2D eigenvalue weighted by Gasteiger charge is 2.53. The largest absolute Gasteiger partial charge is 0.394 e. The van der Waals surface area contributed by atoms with E-state index in [9.17, 15) is 56.2 Å². The van der Waals surface area contributed by atoms with Crippen molar-refractivity contribution in [3.63, 3.8) is 0 Å². The van der Waals surface area contributed by atoms with Crippen LogP contribution in [0.1, 0.15) is 0 Å². The van der Waals surface area contributed by atoms with E-state index in [0.29, 0.717) is 0 Å². The zero-order valence-electron chi connectivity index (χ0n) is 17.7. The van der Waals surface area contributed by atoms with E-state index in [1.165, 1.54) is 0 Å². The molecule has 0 aliphatic carbocycles. The lowest BCUT2D eigenvalue weighted by Gasteiger charge is -2.47. The van der Waals surface area contributed by atoms with Crippen molar-refractivity contribution < 1.29 is 79.9 Å². The molecule has 0 spiro atoms. The van der Waals surface area contributed by atoms with Crippen molar-refractivity contribution >= 4 is 0 Å². The zero-order chi connectivity index (χ0) is 25.3. The Morgan fingerprint density at radius 3 is 1.50 bits per heavy atom. The van der Waals surface area contributed by atoms with Crippen LogP contribution in [0, 0.1) is 0 Å². The van der Waals surface area contributed by atoms with Crippen LogP contribution in [-0.4, -0.2) is 168 Å². The highest BCUT2D eigenvalue weighted by atomic mass is 16.7. The Bertz CT molecular complexity index is 637. The molecule has 3 aliphatic heterocycles. The Kier molecular flexibility index (Phi) is 9.54. The van der Waals surface area contributed by atoms with Gasteiger partial charge in [0.2, 0.25) is 0 Å². The van der Waals surface area contributed by atoms with Crippen LogP contribution in [-0.2, 0) is 23.7 Å². The van der Waals surface area contributed by atoms with E-state index < -0.39 is 112 Å². The number of aliphatic hydroxyl groups is 11. The summed E-state index contributed by atoms with van der Waals surface area (Å²) in [5.74, 6) is 0. The summed E-state index contributed by atoms with van der Waals surface area (Å²) in [4.78, 5) is 0. The van der Waals surface area contributed by atoms with Crippen molar-refractivity contribution in [1.29, 1.82) is 0 Å². The minimum Gasteiger partial charge on any atom is -0.394 e. The first kappa shape index (κ1) is 27.9. The van der Waals surface area contributed by atoms with E-state index in [-0.39, 0.29) is 0 Å². The molecule has 3 fully saturated rings. The van der Waals surface area contributed by atoms with Gasteiger partial charge < -0.3 is 79.9 Å². The predicted octanol–water partition coefficient (Wildman–Crippen LogP) is -7.57. The average Bonchev–Trinajstić information content (AvgIpc) is 2.83. The molecule has 11 N–H and O–H groups in total. The Morgan fingerprint density at radius 2 is 0.941 bits per heavy atom. The van der Waals surface area contributed by atoms with Gasteiger partial charge in [0.05, 0.1) is 19.8 Å². The Balaban J connectivity index is 1.78. The van der Waals surface area contributed by atoms with Gasteiger partial charge in [-0.05, 0) is 0 Å². The van der Waals surface area contributed by atoms with Gasteiger partial charge in [-0.3, -0.25) is 0 Å². The lowest BCUT2D eigenvalue weighted by atomic mass is 9.96. The quantitative estimate of drug-likeness (QED) is 0.154. The van der Waals surface area contributed by atoms with Crippen LogP contribution >= 0.6 is 0 Å². The second-order valence-corrected chi connectivity index (χ2v) is 8.33. The Hall–Kier alpha value is -0.640. The molecular weight excluding hydrogens is 472 g/mol. The van der Waals surface area contributed by atoms with Gasteiger partial charge in [0.15, 0.2) is 18.9 Å². The van der Waals surface area contributed by atoms with Gasteiger partial charge in [-0.1, -0.05) is 0 Å². The molecule has 0 saturated carbocycles. The number of ether oxygens (including phenoxy) is 5. The molecule has 0 aromatic heterocycles. The van der Waals surface area contributed by atoms with Crippen molar-refractivity contribution in [2.45, 2.75) is 92.1 Å². The minimum absolute atomic E-state index is 0.759. The van der Waals surface area contributed by atoms with Crippen molar-refractivity contribution in [1.82, 2.24) is 0 Å². The highest BCUT2D eigenvalue weighted by Crippen LogP contribution is 2.32. The van der Waals surface area contributed by atoms with Crippen LogP contribution in [0.5, 0.6) is 0 Å². The summed E-state index contributed by atoms with van der Waals surface area (Å²) in [7, 11) is 0. The first-order valence-electron chi connectivity index (χ1n) is 10.6. The molecule has 3 saturated heterocycles. The molecule has 3 aliphatic rings. The number of aliphatic hydroxyl groups excluding tert-OH is 11. The van der Waals surface area contributed by atoms with Crippen molar-refractivity contribution in [2.75, 3.05) is 19.8 Å². The van der Waals surface area contributed by atoms with Gasteiger partial charge in [-0.15, -0.1) is 0 Å². The van der Waals surface area contributed by atoms with Gasteiger partial charge in [-0.2, -0.15) is 0 Å². The van der Waals surface area contributed by atoms with Gasteiger partial charge in [0.25, 0.3) is 0 Å². The third-order valence-corrected chi connectivity index (χ3v) is 6.09. The van der Waals surface area contributed by atoms with Gasteiger partial charge in [-0.25, -0.2) is 0 Å². The molecule has 0 aromatic rings. The third kappa shape index (κ3) is 5.37. The van der Waals surface area contributed by atoms with Crippen molar-refractivity contribution in [2.24, 2.45) is 0 Å². The minimum atomic E-state index is -1.90. The van der Waals surface area contributed by atoms with Crippen molar-refractivity contribution in [3.05, 3.63) is 0 Å². The van der Waals surface area contributed by atoms with E-state index >= 15 is 0 Å². The van der Waals surface area contributed by atoms with E-state index in [4.69, 9.17) is 23.7 Å². The standard InChI is InChI=1S/C18H32O16/c19-1-4-7(22)9(24)12(27)17(31-4)34-15-8(23)5(2-20)32-18(13(15)28)33-14-6(3-21)30-16(29)11(26)10(14)25/h4-29H,1-3H2/t4?,5?,6?,7-,8-,9?,10+,11?,12-,13?,14+,15-,16+,17+,18-/m0/s1. The Morgan fingerprint density at radius 1 is 0.441 bits per heavy atom. The average molecular weight is 504 g/mol. The van der Waals surface area contributed by atoms with Crippen LogP contribution in [0.3, 0.4) is 0 Å². The summed E-state index contributed by atoms with van der Waals surface area (Å²) >= 11 is 0. The summed E-state index contributed by atoms with van der Waals surface area (Å²) in [6.45, 7) is -2.34. The molecule has 16 heteroatoms. The smallest absolute Gasteiger partial charge is 0.187 e. The van der Waals surface area contributed by atoms with E-state index in [1.54, 1.807) is 0 Å². The van der Waals surface area contributed by atoms with Crippen LogP contribution in [0.4, 0.5) is 0 Å². The van der Waals surface area contributed by atoms with Crippen LogP contribution in [0.15, 0.2) is 0 Å². The van der Waals surface area contributed by atoms with Gasteiger partial charge >= 0.3 is 0 Å². The van der Waals surface area contributed by atoms with Gasteiger partial charge in [0, 0.05) is 0 Å². The van der Waals surface area contributed by atoms with Crippen molar-refractivity contribution in [3.8, 4) is 0 Å². The maximum absolute atomic E-state index is 10.8. The summed E-state index contributed by atoms with van der Waals surface area (Å²) in [6.07, 6.45) is -25.4. The van der Waals surface area contributed by atoms with Crippen LogP contribution < -0.4 is 0 Å². The van der Waals surface area contributed by atoms with Crippen LogP contribution in [0.25, 0.3) is 0 Å². The Labute approximate surface area is 192 Å². The third-order valence-electron chi connectivity index (χ3n) is 6.09. The first-order chi connectivity index (χ1) is 16.0. The predicted molar refractivity (Wildman–Crippen MR) is 101 cm³/mol. The fourth-order valence-electron chi connectivity index (χ4n) is 4.05. The number of hydrogen-bond donors (Lipinski definition) is 11. The molecular formula is C18H32O16. The van der Waals surface area contributed by atoms with E-state index in [2.05, 4.69) is 0 Å². The maximum Gasteiger partial charge on any atom is 0.187 e. The molecule has 15 atom stereocenters. The van der Waals surface area contributed by atoms with E-state index in [1.807, 2.05) is 0 Å². The molecule has 0 amide bonds. The van der Waals surface area contributed by atoms with Crippen LogP contribution in [0.2, 0.25) is 0 Å². The summed E-state index contributed by atoms with van der Waals surface area (Å²) in [5, 5.41) is 109. The fourth-order valence-corrected chi connectivity index (χ4v) is 4.05. The second kappa shape index (κ2) is 11.6. The first-order valence-corrected chi connectivity index (χ1v) is 10.6. The molecule has 200 valence electrons. The van der Waals surface area contributed by atoms with Gasteiger partial charge in [0.1, 0.15) is 73.2 Å². The lowest BCUT2D eigenvalue weighted by molar-refractivity contribution is -0.378. The molecule has 34 heavy (non-hydrogen) atoms. The molecule has 3 heterocycles. The van der Waals surface area contributed by atoms with E-state index in [0.717, 1.165) is 0 Å². The molecule has 16 nitrogen and oxygen atoms in total. The normalized spacial score (nSPS) is 52.5. The molecule has 0 bridgehead atoms. The molecule has 3 rings (SSSR count). The monoisotopic (exact) mass is 504 g/mol. The summed E-state index contributed by atoms with van der Waals surface area (Å²) in [6, 6.07) is 0. The molecule has 6 unspecified atom stereocenters. The fraction of sp³-hybridized carbons (Fsp3) is 1.00. The lowest BCUT2D eigenvalue weighted by Crippen LogP contribution is -2.66. The molecule has 0 aromatic carbocycles. The second-order valence-electron chi connectivity index (χ2n) is 8.33. The number of hydrogen-bond acceptors (Lipinski definition) is 16. The summed E-state index contributed by atoms with van der Waals surface area (Å²) in [5.41, 5.74) is 0. The summed E-state index contributed by atoms with van der Waals surface area (Å²) < 4.78 is 26.4. The highest BCUT2D eigenvalue weighted by molar-refractivity contribution is 4.96. The number of rotatable bonds is 7. The SMILES string of the molecule is OCC1O[C@H](O[C@@H]2C(O)[C@H](O[C@@H]3C(CO)O[C@@H](O)C(O)[C@H]3O)OC(CO)[C@@H]2O)[C@@H](O)C(O)[C@H]1O. The topological polar surface area (TPSA) is 269 Å².